The van der Waals surface area contributed by atoms with Gasteiger partial charge in [0, 0.05) is 16.1 Å². The second kappa shape index (κ2) is 5.02. The highest BCUT2D eigenvalue weighted by Gasteiger charge is 2.45. The van der Waals surface area contributed by atoms with Crippen molar-refractivity contribution in [1.82, 2.24) is 0 Å². The van der Waals surface area contributed by atoms with E-state index in [2.05, 4.69) is 11.8 Å². The van der Waals surface area contributed by atoms with Gasteiger partial charge in [0.05, 0.1) is 11.7 Å². The zero-order valence-electron chi connectivity index (χ0n) is 11.6. The van der Waals surface area contributed by atoms with E-state index < -0.39 is 5.60 Å². The van der Waals surface area contributed by atoms with Crippen LogP contribution in [-0.2, 0) is 5.60 Å². The molecule has 19 heavy (non-hydrogen) atoms. The van der Waals surface area contributed by atoms with Gasteiger partial charge in [0.2, 0.25) is 0 Å². The molecule has 1 aromatic carbocycles. The third-order valence-electron chi connectivity index (χ3n) is 4.08. The van der Waals surface area contributed by atoms with E-state index in [9.17, 15) is 5.11 Å². The second-order valence-corrected chi connectivity index (χ2v) is 7.67. The number of para-hydroxylation sites is 1. The summed E-state index contributed by atoms with van der Waals surface area (Å²) in [6.45, 7) is 4.06. The molecular weight excluding hydrogens is 256 g/mol. The molecule has 2 fully saturated rings. The Morgan fingerprint density at radius 1 is 1.21 bits per heavy atom. The molecule has 104 valence electrons. The van der Waals surface area contributed by atoms with Crippen LogP contribution in [0.4, 0.5) is 0 Å². The summed E-state index contributed by atoms with van der Waals surface area (Å²) >= 11 is 2.07. The minimum atomic E-state index is -0.692. The molecule has 0 aromatic heterocycles. The van der Waals surface area contributed by atoms with Crippen molar-refractivity contribution in [2.75, 3.05) is 0 Å². The lowest BCUT2D eigenvalue weighted by molar-refractivity contribution is 0.0161. The Balaban J connectivity index is 1.92. The molecule has 0 amide bonds. The van der Waals surface area contributed by atoms with Crippen molar-refractivity contribution in [2.24, 2.45) is 0 Å². The van der Waals surface area contributed by atoms with Crippen LogP contribution in [0, 0.1) is 0 Å². The van der Waals surface area contributed by atoms with Crippen LogP contribution >= 0.6 is 11.8 Å². The molecule has 0 radical (unpaired) electrons. The Kier molecular flexibility index (Phi) is 3.52. The van der Waals surface area contributed by atoms with Crippen molar-refractivity contribution in [3.63, 3.8) is 0 Å². The molecule has 2 nitrogen and oxygen atoms in total. The second-order valence-electron chi connectivity index (χ2n) is 6.06. The van der Waals surface area contributed by atoms with E-state index in [-0.39, 0.29) is 6.10 Å². The molecule has 3 heteroatoms. The van der Waals surface area contributed by atoms with E-state index in [4.69, 9.17) is 4.74 Å². The summed E-state index contributed by atoms with van der Waals surface area (Å²) in [7, 11) is 0. The third kappa shape index (κ3) is 2.63. The van der Waals surface area contributed by atoms with Gasteiger partial charge in [-0.05, 0) is 45.6 Å². The fourth-order valence-corrected chi connectivity index (χ4v) is 5.18. The summed E-state index contributed by atoms with van der Waals surface area (Å²) < 4.78 is 5.89. The number of rotatable bonds is 3. The number of ether oxygens (including phenoxy) is 1. The molecule has 2 saturated heterocycles. The lowest BCUT2D eigenvalue weighted by Gasteiger charge is -2.37. The van der Waals surface area contributed by atoms with Crippen LogP contribution in [0.3, 0.4) is 0 Å². The fourth-order valence-electron chi connectivity index (χ4n) is 3.34. The number of thioether (sulfide) groups is 1. The van der Waals surface area contributed by atoms with E-state index >= 15 is 0 Å². The molecule has 0 aliphatic carbocycles. The first-order valence-corrected chi connectivity index (χ1v) is 8.15. The first kappa shape index (κ1) is 13.3. The zero-order chi connectivity index (χ0) is 13.5. The molecule has 0 spiro atoms. The minimum absolute atomic E-state index is 0.138. The van der Waals surface area contributed by atoms with Gasteiger partial charge in [-0.3, -0.25) is 0 Å². The lowest BCUT2D eigenvalue weighted by atomic mass is 9.85. The predicted molar refractivity (Wildman–Crippen MR) is 79.7 cm³/mol. The summed E-state index contributed by atoms with van der Waals surface area (Å²) in [5.74, 6) is 0.853. The number of benzene rings is 1. The molecule has 2 aliphatic rings. The standard InChI is InChI=1S/C16H22O2S/c1-11(2)18-15-6-4-3-5-14(15)16(17)9-12-7-8-13(10-16)19-12/h3-6,11-13,17H,7-10H2,1-2H3. The van der Waals surface area contributed by atoms with E-state index in [1.165, 1.54) is 12.8 Å². The fraction of sp³-hybridized carbons (Fsp3) is 0.625. The quantitative estimate of drug-likeness (QED) is 0.913. The largest absolute Gasteiger partial charge is 0.491 e. The van der Waals surface area contributed by atoms with Crippen LogP contribution in [-0.4, -0.2) is 21.7 Å². The highest BCUT2D eigenvalue weighted by atomic mass is 32.2. The zero-order valence-corrected chi connectivity index (χ0v) is 12.5. The molecule has 2 unspecified atom stereocenters. The smallest absolute Gasteiger partial charge is 0.125 e. The molecule has 2 atom stereocenters. The maximum Gasteiger partial charge on any atom is 0.125 e. The van der Waals surface area contributed by atoms with Crippen LogP contribution < -0.4 is 4.74 Å². The maximum absolute atomic E-state index is 11.1. The highest BCUT2D eigenvalue weighted by molar-refractivity contribution is 8.00. The van der Waals surface area contributed by atoms with Crippen molar-refractivity contribution in [3.8, 4) is 5.75 Å². The van der Waals surface area contributed by atoms with Crippen molar-refractivity contribution < 1.29 is 9.84 Å². The van der Waals surface area contributed by atoms with Gasteiger partial charge >= 0.3 is 0 Å². The van der Waals surface area contributed by atoms with Gasteiger partial charge in [-0.15, -0.1) is 0 Å². The SMILES string of the molecule is CC(C)Oc1ccccc1C1(O)CC2CCC(C1)S2. The van der Waals surface area contributed by atoms with Crippen LogP contribution in [0.1, 0.15) is 45.1 Å². The van der Waals surface area contributed by atoms with Gasteiger partial charge < -0.3 is 9.84 Å². The topological polar surface area (TPSA) is 29.5 Å². The van der Waals surface area contributed by atoms with Gasteiger partial charge in [-0.1, -0.05) is 18.2 Å². The van der Waals surface area contributed by atoms with E-state index in [0.29, 0.717) is 10.5 Å². The van der Waals surface area contributed by atoms with Gasteiger partial charge in [-0.2, -0.15) is 11.8 Å². The average Bonchev–Trinajstić information content (AvgIpc) is 2.69. The predicted octanol–water partition coefficient (Wildman–Crippen LogP) is 3.72. The van der Waals surface area contributed by atoms with Crippen molar-refractivity contribution >= 4 is 11.8 Å². The van der Waals surface area contributed by atoms with E-state index in [0.717, 1.165) is 24.2 Å². The van der Waals surface area contributed by atoms with Crippen LogP contribution in [0.2, 0.25) is 0 Å². The van der Waals surface area contributed by atoms with Crippen molar-refractivity contribution in [2.45, 2.75) is 61.7 Å². The Morgan fingerprint density at radius 3 is 2.47 bits per heavy atom. The molecule has 1 aromatic rings. The average molecular weight is 278 g/mol. The molecule has 2 heterocycles. The Morgan fingerprint density at radius 2 is 1.84 bits per heavy atom. The summed E-state index contributed by atoms with van der Waals surface area (Å²) in [6, 6.07) is 8.00. The van der Waals surface area contributed by atoms with E-state index in [1.807, 2.05) is 38.1 Å². The van der Waals surface area contributed by atoms with Gasteiger partial charge in [0.25, 0.3) is 0 Å². The van der Waals surface area contributed by atoms with Crippen molar-refractivity contribution in [3.05, 3.63) is 29.8 Å². The molecule has 1 N–H and O–H groups in total. The molecule has 2 bridgehead atoms. The van der Waals surface area contributed by atoms with Crippen LogP contribution in [0.25, 0.3) is 0 Å². The molecular formula is C16H22O2S. The number of aliphatic hydroxyl groups is 1. The van der Waals surface area contributed by atoms with Crippen LogP contribution in [0.5, 0.6) is 5.75 Å². The molecule has 0 saturated carbocycles. The Hall–Kier alpha value is -0.670. The van der Waals surface area contributed by atoms with Gasteiger partial charge in [0.1, 0.15) is 5.75 Å². The summed E-state index contributed by atoms with van der Waals surface area (Å²) in [6.07, 6.45) is 4.38. The number of hydrogen-bond acceptors (Lipinski definition) is 3. The monoisotopic (exact) mass is 278 g/mol. The third-order valence-corrected chi connectivity index (χ3v) is 5.65. The molecule has 2 aliphatic heterocycles. The summed E-state index contributed by atoms with van der Waals surface area (Å²) in [4.78, 5) is 0. The Labute approximate surface area is 119 Å². The number of hydrogen-bond donors (Lipinski definition) is 1. The van der Waals surface area contributed by atoms with Crippen LogP contribution in [0.15, 0.2) is 24.3 Å². The Bertz CT molecular complexity index is 446. The minimum Gasteiger partial charge on any atom is -0.491 e. The maximum atomic E-state index is 11.1. The highest BCUT2D eigenvalue weighted by Crippen LogP contribution is 2.52. The van der Waals surface area contributed by atoms with Crippen molar-refractivity contribution in [1.29, 1.82) is 0 Å². The molecule has 3 rings (SSSR count). The normalized spacial score (nSPS) is 33.7. The first-order valence-electron chi connectivity index (χ1n) is 7.21. The van der Waals surface area contributed by atoms with Gasteiger partial charge in [0.15, 0.2) is 0 Å². The summed E-state index contributed by atoms with van der Waals surface area (Å²) in [5, 5.41) is 12.4. The first-order chi connectivity index (χ1) is 9.07. The lowest BCUT2D eigenvalue weighted by Crippen LogP contribution is -2.35. The summed E-state index contributed by atoms with van der Waals surface area (Å²) in [5.41, 5.74) is 0.295. The van der Waals surface area contributed by atoms with Gasteiger partial charge in [-0.25, -0.2) is 0 Å². The number of fused-ring (bicyclic) bond motifs is 2. The van der Waals surface area contributed by atoms with E-state index in [1.54, 1.807) is 0 Å².